The molecule has 1 rings (SSSR count). The number of amides is 1. The van der Waals surface area contributed by atoms with Crippen LogP contribution in [0.2, 0.25) is 0 Å². The van der Waals surface area contributed by atoms with Crippen LogP contribution in [0.4, 0.5) is 5.69 Å². The number of rotatable bonds is 6. The zero-order chi connectivity index (χ0) is 16.7. The highest BCUT2D eigenvalue weighted by atomic mass is 16.6. The third-order valence-corrected chi connectivity index (χ3v) is 2.71. The van der Waals surface area contributed by atoms with Gasteiger partial charge in [0.25, 0.3) is 11.6 Å². The van der Waals surface area contributed by atoms with Gasteiger partial charge >= 0.3 is 11.9 Å². The summed E-state index contributed by atoms with van der Waals surface area (Å²) in [7, 11) is 2.24. The summed E-state index contributed by atoms with van der Waals surface area (Å²) in [6.45, 7) is 0. The monoisotopic (exact) mass is 310 g/mol. The maximum absolute atomic E-state index is 12.0. The van der Waals surface area contributed by atoms with Crippen LogP contribution in [0.3, 0.4) is 0 Å². The second-order valence-corrected chi connectivity index (χ2v) is 4.14. The summed E-state index contributed by atoms with van der Waals surface area (Å²) in [4.78, 5) is 44.8. The molecule has 0 heterocycles. The van der Waals surface area contributed by atoms with Crippen LogP contribution < -0.4 is 5.32 Å². The van der Waals surface area contributed by atoms with Gasteiger partial charge in [-0.3, -0.25) is 19.7 Å². The van der Waals surface area contributed by atoms with E-state index >= 15 is 0 Å². The lowest BCUT2D eigenvalue weighted by molar-refractivity contribution is -0.384. The third-order valence-electron chi connectivity index (χ3n) is 2.71. The Bertz CT molecular complexity index is 600. The molecule has 118 valence electrons. The number of hydrogen-bond donors (Lipinski definition) is 1. The minimum absolute atomic E-state index is 0.0204. The summed E-state index contributed by atoms with van der Waals surface area (Å²) < 4.78 is 8.91. The van der Waals surface area contributed by atoms with Crippen LogP contribution in [0, 0.1) is 10.1 Å². The molecule has 1 amide bonds. The molecule has 0 aliphatic carbocycles. The molecule has 1 atom stereocenters. The number of nitrogens with zero attached hydrogens (tertiary/aromatic N) is 1. The zero-order valence-corrected chi connectivity index (χ0v) is 11.9. The van der Waals surface area contributed by atoms with Gasteiger partial charge in [-0.2, -0.15) is 0 Å². The van der Waals surface area contributed by atoms with E-state index in [1.54, 1.807) is 0 Å². The molecule has 0 saturated carbocycles. The van der Waals surface area contributed by atoms with Crippen molar-refractivity contribution in [3.8, 4) is 0 Å². The maximum Gasteiger partial charge on any atom is 0.328 e. The van der Waals surface area contributed by atoms with Crippen molar-refractivity contribution in [2.75, 3.05) is 14.2 Å². The molecule has 0 aliphatic heterocycles. The highest BCUT2D eigenvalue weighted by molar-refractivity contribution is 5.98. The molecule has 22 heavy (non-hydrogen) atoms. The lowest BCUT2D eigenvalue weighted by atomic mass is 10.1. The third kappa shape index (κ3) is 4.54. The molecule has 0 fully saturated rings. The Balaban J connectivity index is 2.90. The first-order valence-electron chi connectivity index (χ1n) is 6.09. The van der Waals surface area contributed by atoms with Crippen LogP contribution in [0.25, 0.3) is 0 Å². The summed E-state index contributed by atoms with van der Waals surface area (Å²) >= 11 is 0. The Kier molecular flexibility index (Phi) is 5.99. The normalized spacial score (nSPS) is 11.2. The number of nitro groups is 1. The predicted molar refractivity (Wildman–Crippen MR) is 73.0 cm³/mol. The van der Waals surface area contributed by atoms with Crippen LogP contribution in [0.1, 0.15) is 16.8 Å². The number of non-ortho nitro benzene ring substituents is 1. The molecule has 1 N–H and O–H groups in total. The fraction of sp³-hybridized carbons (Fsp3) is 0.308. The number of hydrogen-bond acceptors (Lipinski definition) is 7. The van der Waals surface area contributed by atoms with E-state index in [4.69, 9.17) is 0 Å². The molecule has 9 heteroatoms. The molecular formula is C13H14N2O7. The average Bonchev–Trinajstić information content (AvgIpc) is 2.53. The second-order valence-electron chi connectivity index (χ2n) is 4.14. The van der Waals surface area contributed by atoms with E-state index < -0.39 is 35.2 Å². The van der Waals surface area contributed by atoms with E-state index in [0.717, 1.165) is 20.3 Å². The van der Waals surface area contributed by atoms with Crippen molar-refractivity contribution < 1.29 is 28.8 Å². The molecule has 9 nitrogen and oxygen atoms in total. The number of carbonyl (C=O) groups excluding carboxylic acids is 3. The topological polar surface area (TPSA) is 125 Å². The molecule has 0 unspecified atom stereocenters. The van der Waals surface area contributed by atoms with E-state index in [9.17, 15) is 24.5 Å². The fourth-order valence-corrected chi connectivity index (χ4v) is 1.59. The van der Waals surface area contributed by atoms with E-state index in [2.05, 4.69) is 14.8 Å². The van der Waals surface area contributed by atoms with Crippen LogP contribution >= 0.6 is 0 Å². The van der Waals surface area contributed by atoms with Crippen LogP contribution in [-0.4, -0.2) is 43.0 Å². The molecule has 0 aliphatic rings. The average molecular weight is 310 g/mol. The number of ether oxygens (including phenoxy) is 2. The smallest absolute Gasteiger partial charge is 0.328 e. The van der Waals surface area contributed by atoms with Crippen LogP contribution in [0.15, 0.2) is 24.3 Å². The quantitative estimate of drug-likeness (QED) is 0.459. The number of carbonyl (C=O) groups is 3. The van der Waals surface area contributed by atoms with Gasteiger partial charge in [-0.25, -0.2) is 4.79 Å². The Labute approximate surface area is 125 Å². The van der Waals surface area contributed by atoms with Gasteiger partial charge in [0.2, 0.25) is 0 Å². The number of methoxy groups -OCH3 is 2. The summed E-state index contributed by atoms with van der Waals surface area (Å²) in [5, 5.41) is 13.0. The minimum Gasteiger partial charge on any atom is -0.469 e. The van der Waals surface area contributed by atoms with Crippen molar-refractivity contribution in [2.24, 2.45) is 0 Å². The standard InChI is InChI=1S/C13H14N2O7/c1-21-11(16)7-10(13(18)22-2)14-12(17)8-4-3-5-9(6-8)15(19)20/h3-6,10H,7H2,1-2H3,(H,14,17)/t10-/m0/s1. The first kappa shape index (κ1) is 17.1. The Morgan fingerprint density at radius 1 is 1.27 bits per heavy atom. The maximum atomic E-state index is 12.0. The van der Waals surface area contributed by atoms with Crippen molar-refractivity contribution in [2.45, 2.75) is 12.5 Å². The number of esters is 2. The lowest BCUT2D eigenvalue weighted by Gasteiger charge is -2.15. The SMILES string of the molecule is COC(=O)C[C@H](NC(=O)c1cccc([N+](=O)[O-])c1)C(=O)OC. The van der Waals surface area contributed by atoms with Gasteiger partial charge in [-0.15, -0.1) is 0 Å². The second kappa shape index (κ2) is 7.72. The highest BCUT2D eigenvalue weighted by Crippen LogP contribution is 2.13. The van der Waals surface area contributed by atoms with Gasteiger partial charge in [0.15, 0.2) is 0 Å². The van der Waals surface area contributed by atoms with Crippen molar-refractivity contribution >= 4 is 23.5 Å². The van der Waals surface area contributed by atoms with E-state index in [1.165, 1.54) is 18.2 Å². The Morgan fingerprint density at radius 2 is 1.95 bits per heavy atom. The number of nitro benzene ring substituents is 1. The summed E-state index contributed by atoms with van der Waals surface area (Å²) in [5.74, 6) is -2.29. The fourth-order valence-electron chi connectivity index (χ4n) is 1.59. The van der Waals surface area contributed by atoms with Crippen molar-refractivity contribution in [3.05, 3.63) is 39.9 Å². The van der Waals surface area contributed by atoms with Crippen molar-refractivity contribution in [1.29, 1.82) is 0 Å². The minimum atomic E-state index is -1.25. The molecular weight excluding hydrogens is 296 g/mol. The van der Waals surface area contributed by atoms with Gasteiger partial charge in [-0.1, -0.05) is 6.07 Å². The summed E-state index contributed by atoms with van der Waals surface area (Å²) in [6, 6.07) is 3.71. The predicted octanol–water partition coefficient (Wildman–Crippen LogP) is 0.429. The first-order chi connectivity index (χ1) is 10.4. The van der Waals surface area contributed by atoms with Crippen LogP contribution in [0.5, 0.6) is 0 Å². The largest absolute Gasteiger partial charge is 0.469 e. The molecule has 0 bridgehead atoms. The highest BCUT2D eigenvalue weighted by Gasteiger charge is 2.26. The van der Waals surface area contributed by atoms with Gasteiger partial charge in [0.1, 0.15) is 6.04 Å². The van der Waals surface area contributed by atoms with Crippen molar-refractivity contribution in [1.82, 2.24) is 5.32 Å². The van der Waals surface area contributed by atoms with E-state index in [0.29, 0.717) is 0 Å². The molecule has 1 aromatic carbocycles. The number of benzene rings is 1. The van der Waals surface area contributed by atoms with Gasteiger partial charge < -0.3 is 14.8 Å². The summed E-state index contributed by atoms with van der Waals surface area (Å²) in [5.41, 5.74) is -0.289. The number of nitrogens with one attached hydrogen (secondary N) is 1. The van der Waals surface area contributed by atoms with Gasteiger partial charge in [0, 0.05) is 17.7 Å². The molecule has 1 aromatic rings. The molecule has 0 radical (unpaired) electrons. The van der Waals surface area contributed by atoms with Gasteiger partial charge in [-0.05, 0) is 6.07 Å². The molecule has 0 aromatic heterocycles. The van der Waals surface area contributed by atoms with E-state index in [-0.39, 0.29) is 11.3 Å². The Morgan fingerprint density at radius 3 is 2.50 bits per heavy atom. The van der Waals surface area contributed by atoms with Crippen LogP contribution in [-0.2, 0) is 19.1 Å². The van der Waals surface area contributed by atoms with E-state index in [1.807, 2.05) is 0 Å². The molecule has 0 spiro atoms. The van der Waals surface area contributed by atoms with Gasteiger partial charge in [0.05, 0.1) is 25.6 Å². The summed E-state index contributed by atoms with van der Waals surface area (Å²) in [6.07, 6.45) is -0.413. The Hall–Kier alpha value is -2.97. The lowest BCUT2D eigenvalue weighted by Crippen LogP contribution is -2.43. The molecule has 0 saturated heterocycles. The first-order valence-corrected chi connectivity index (χ1v) is 6.09. The zero-order valence-electron chi connectivity index (χ0n) is 11.9. The van der Waals surface area contributed by atoms with Crippen molar-refractivity contribution in [3.63, 3.8) is 0 Å².